The van der Waals surface area contributed by atoms with Gasteiger partial charge in [0.15, 0.2) is 0 Å². The second kappa shape index (κ2) is 4.92. The van der Waals surface area contributed by atoms with Gasteiger partial charge in [-0.1, -0.05) is 41.4 Å². The normalized spacial score (nSPS) is 13.9. The molecule has 3 nitrogen and oxygen atoms in total. The second-order valence-electron chi connectivity index (χ2n) is 4.42. The number of phenolic OH excluding ortho intramolecular Hbond substituents is 1. The fourth-order valence-electron chi connectivity index (χ4n) is 1.34. The number of hydrogen-bond acceptors (Lipinski definition) is 3. The first-order chi connectivity index (χ1) is 7.31. The third-order valence-corrected chi connectivity index (χ3v) is 3.67. The van der Waals surface area contributed by atoms with Gasteiger partial charge in [0.05, 0.1) is 5.02 Å². The van der Waals surface area contributed by atoms with Crippen molar-refractivity contribution in [1.82, 2.24) is 0 Å². The van der Waals surface area contributed by atoms with Gasteiger partial charge in [-0.05, 0) is 12.1 Å². The fourth-order valence-corrected chi connectivity index (χ4v) is 2.07. The highest BCUT2D eigenvalue weighted by atomic mass is 79.9. The van der Waals surface area contributed by atoms with Gasteiger partial charge in [-0.15, -0.1) is 0 Å². The predicted molar refractivity (Wildman–Crippen MR) is 68.6 cm³/mol. The van der Waals surface area contributed by atoms with Gasteiger partial charge < -0.3 is 15.9 Å². The Balaban J connectivity index is 3.28. The molecule has 0 radical (unpaired) electrons. The predicted octanol–water partition coefficient (Wildman–Crippen LogP) is 2.83. The number of nitrogens with two attached hydrogens (primary N) is 1. The van der Waals surface area contributed by atoms with Crippen molar-refractivity contribution in [3.05, 3.63) is 27.2 Å². The van der Waals surface area contributed by atoms with Gasteiger partial charge in [0.25, 0.3) is 0 Å². The maximum atomic E-state index is 9.88. The number of halogens is 2. The first kappa shape index (κ1) is 13.8. The summed E-state index contributed by atoms with van der Waals surface area (Å²) in [5.74, 6) is -0.0370. The Morgan fingerprint density at radius 2 is 2.06 bits per heavy atom. The highest BCUT2D eigenvalue weighted by molar-refractivity contribution is 9.10. The molecule has 16 heavy (non-hydrogen) atoms. The van der Waals surface area contributed by atoms with Gasteiger partial charge >= 0.3 is 0 Å². The number of aliphatic hydroxyl groups excluding tert-OH is 1. The lowest BCUT2D eigenvalue weighted by Crippen LogP contribution is -2.32. The van der Waals surface area contributed by atoms with E-state index in [4.69, 9.17) is 17.3 Å². The summed E-state index contributed by atoms with van der Waals surface area (Å²) in [6.07, 6.45) is 0. The summed E-state index contributed by atoms with van der Waals surface area (Å²) in [5, 5.41) is 19.4. The molecule has 0 fully saturated rings. The van der Waals surface area contributed by atoms with Crippen molar-refractivity contribution in [1.29, 1.82) is 0 Å². The zero-order chi connectivity index (χ0) is 12.5. The molecule has 0 aliphatic rings. The van der Waals surface area contributed by atoms with Crippen LogP contribution in [-0.2, 0) is 0 Å². The zero-order valence-electron chi connectivity index (χ0n) is 9.17. The number of aliphatic hydroxyl groups is 1. The van der Waals surface area contributed by atoms with Crippen LogP contribution in [0.3, 0.4) is 0 Å². The molecule has 1 aromatic carbocycles. The number of aromatic hydroxyl groups is 1. The molecule has 1 aromatic rings. The van der Waals surface area contributed by atoms with Crippen LogP contribution in [0.1, 0.15) is 25.5 Å². The van der Waals surface area contributed by atoms with E-state index in [2.05, 4.69) is 15.9 Å². The van der Waals surface area contributed by atoms with Gasteiger partial charge in [-0.3, -0.25) is 0 Å². The van der Waals surface area contributed by atoms with Crippen molar-refractivity contribution < 1.29 is 10.2 Å². The molecule has 4 N–H and O–H groups in total. The quantitative estimate of drug-likeness (QED) is 0.804. The average molecular weight is 309 g/mol. The standard InChI is InChI=1S/C11H15BrClNO2/c1-11(2,5-15)10(14)8-6(12)3-4-7(13)9(8)16/h3-4,10,15-16H,5,14H2,1-2H3/t10-/m1/s1. The number of hydrogen-bond donors (Lipinski definition) is 3. The van der Waals surface area contributed by atoms with E-state index in [1.807, 2.05) is 13.8 Å². The minimum Gasteiger partial charge on any atom is -0.506 e. The molecular weight excluding hydrogens is 293 g/mol. The maximum Gasteiger partial charge on any atom is 0.140 e. The minimum absolute atomic E-state index is 0.0370. The Kier molecular flexibility index (Phi) is 4.23. The Labute approximate surface area is 108 Å². The van der Waals surface area contributed by atoms with E-state index < -0.39 is 11.5 Å². The van der Waals surface area contributed by atoms with Gasteiger partial charge in [0.2, 0.25) is 0 Å². The second-order valence-corrected chi connectivity index (χ2v) is 5.68. The summed E-state index contributed by atoms with van der Waals surface area (Å²) in [6, 6.07) is 2.80. The molecule has 0 saturated heterocycles. The summed E-state index contributed by atoms with van der Waals surface area (Å²) in [7, 11) is 0. The number of phenols is 1. The SMILES string of the molecule is CC(C)(CO)[C@H](N)c1c(Br)ccc(Cl)c1O. The highest BCUT2D eigenvalue weighted by Gasteiger charge is 2.31. The Hall–Kier alpha value is -0.290. The Bertz CT molecular complexity index is 396. The molecular formula is C11H15BrClNO2. The van der Waals surface area contributed by atoms with Crippen molar-refractivity contribution in [2.24, 2.45) is 11.1 Å². The van der Waals surface area contributed by atoms with Gasteiger partial charge in [-0.2, -0.15) is 0 Å². The molecule has 90 valence electrons. The summed E-state index contributed by atoms with van der Waals surface area (Å²) in [5.41, 5.74) is 6.03. The van der Waals surface area contributed by atoms with Crippen LogP contribution in [0.4, 0.5) is 0 Å². The molecule has 0 unspecified atom stereocenters. The third kappa shape index (κ3) is 2.51. The summed E-state index contributed by atoms with van der Waals surface area (Å²) >= 11 is 9.16. The molecule has 0 aliphatic carbocycles. The Morgan fingerprint density at radius 1 is 1.50 bits per heavy atom. The van der Waals surface area contributed by atoms with Gasteiger partial charge in [0, 0.05) is 28.1 Å². The van der Waals surface area contributed by atoms with Crippen LogP contribution < -0.4 is 5.73 Å². The molecule has 0 bridgehead atoms. The van der Waals surface area contributed by atoms with Crippen molar-refractivity contribution >= 4 is 27.5 Å². The molecule has 1 atom stereocenters. The van der Waals surface area contributed by atoms with Crippen LogP contribution in [0.15, 0.2) is 16.6 Å². The topological polar surface area (TPSA) is 66.5 Å². The molecule has 0 aromatic heterocycles. The van der Waals surface area contributed by atoms with Crippen LogP contribution in [-0.4, -0.2) is 16.8 Å². The average Bonchev–Trinajstić information content (AvgIpc) is 2.24. The minimum atomic E-state index is -0.537. The van der Waals surface area contributed by atoms with Crippen molar-refractivity contribution in [2.45, 2.75) is 19.9 Å². The third-order valence-electron chi connectivity index (χ3n) is 2.68. The summed E-state index contributed by atoms with van der Waals surface area (Å²) < 4.78 is 0.684. The summed E-state index contributed by atoms with van der Waals surface area (Å²) in [6.45, 7) is 3.57. The molecule has 5 heteroatoms. The van der Waals surface area contributed by atoms with Crippen LogP contribution in [0, 0.1) is 5.41 Å². The zero-order valence-corrected chi connectivity index (χ0v) is 11.5. The van der Waals surface area contributed by atoms with Crippen molar-refractivity contribution in [3.8, 4) is 5.75 Å². The van der Waals surface area contributed by atoms with E-state index in [9.17, 15) is 10.2 Å². The molecule has 0 amide bonds. The molecule has 0 heterocycles. The lowest BCUT2D eigenvalue weighted by atomic mass is 9.81. The van der Waals surface area contributed by atoms with Crippen LogP contribution >= 0.6 is 27.5 Å². The van der Waals surface area contributed by atoms with Crippen LogP contribution in [0.2, 0.25) is 5.02 Å². The Morgan fingerprint density at radius 3 is 2.56 bits per heavy atom. The monoisotopic (exact) mass is 307 g/mol. The molecule has 1 rings (SSSR count). The van der Waals surface area contributed by atoms with Crippen LogP contribution in [0.5, 0.6) is 5.75 Å². The maximum absolute atomic E-state index is 9.88. The fraction of sp³-hybridized carbons (Fsp3) is 0.455. The van der Waals surface area contributed by atoms with E-state index in [0.29, 0.717) is 10.0 Å². The van der Waals surface area contributed by atoms with E-state index in [0.717, 1.165) is 0 Å². The largest absolute Gasteiger partial charge is 0.506 e. The van der Waals surface area contributed by atoms with E-state index in [-0.39, 0.29) is 17.4 Å². The summed E-state index contributed by atoms with van der Waals surface area (Å²) in [4.78, 5) is 0. The van der Waals surface area contributed by atoms with Gasteiger partial charge in [0.1, 0.15) is 5.75 Å². The van der Waals surface area contributed by atoms with Crippen molar-refractivity contribution in [2.75, 3.05) is 6.61 Å². The van der Waals surface area contributed by atoms with Crippen molar-refractivity contribution in [3.63, 3.8) is 0 Å². The smallest absolute Gasteiger partial charge is 0.140 e. The molecule has 0 spiro atoms. The highest BCUT2D eigenvalue weighted by Crippen LogP contribution is 2.42. The molecule has 0 aliphatic heterocycles. The van der Waals surface area contributed by atoms with Gasteiger partial charge in [-0.25, -0.2) is 0 Å². The lowest BCUT2D eigenvalue weighted by Gasteiger charge is -2.31. The van der Waals surface area contributed by atoms with Crippen LogP contribution in [0.25, 0.3) is 0 Å². The van der Waals surface area contributed by atoms with E-state index >= 15 is 0 Å². The molecule has 0 saturated carbocycles. The number of benzene rings is 1. The lowest BCUT2D eigenvalue weighted by molar-refractivity contribution is 0.131. The van der Waals surface area contributed by atoms with E-state index in [1.165, 1.54) is 0 Å². The first-order valence-electron chi connectivity index (χ1n) is 4.84. The first-order valence-corrected chi connectivity index (χ1v) is 6.01. The number of rotatable bonds is 3. The van der Waals surface area contributed by atoms with E-state index in [1.54, 1.807) is 12.1 Å².